The minimum absolute atomic E-state index is 0.0275. The van der Waals surface area contributed by atoms with Crippen LogP contribution in [0.4, 0.5) is 4.79 Å². The van der Waals surface area contributed by atoms with Gasteiger partial charge < -0.3 is 15.3 Å². The van der Waals surface area contributed by atoms with Crippen molar-refractivity contribution in [1.29, 1.82) is 0 Å². The van der Waals surface area contributed by atoms with Crippen molar-refractivity contribution in [3.8, 4) is 0 Å². The molecule has 1 atom stereocenters. The molecule has 0 saturated heterocycles. The van der Waals surface area contributed by atoms with Gasteiger partial charge in [0.1, 0.15) is 0 Å². The van der Waals surface area contributed by atoms with E-state index in [9.17, 15) is 14.4 Å². The first-order valence-electron chi connectivity index (χ1n) is 6.69. The van der Waals surface area contributed by atoms with Crippen molar-refractivity contribution in [3.63, 3.8) is 0 Å². The van der Waals surface area contributed by atoms with Crippen LogP contribution in [0.3, 0.4) is 0 Å². The van der Waals surface area contributed by atoms with E-state index in [4.69, 9.17) is 5.11 Å². The minimum Gasteiger partial charge on any atom is -0.481 e. The van der Waals surface area contributed by atoms with Crippen molar-refractivity contribution in [3.05, 3.63) is 0 Å². The van der Waals surface area contributed by atoms with Gasteiger partial charge in [-0.1, -0.05) is 13.8 Å². The maximum Gasteiger partial charge on any atom is 0.321 e. The summed E-state index contributed by atoms with van der Waals surface area (Å²) in [4.78, 5) is 35.4. The molecule has 0 aromatic heterocycles. The Morgan fingerprint density at radius 3 is 2.20 bits per heavy atom. The highest BCUT2D eigenvalue weighted by Gasteiger charge is 2.18. The summed E-state index contributed by atoms with van der Waals surface area (Å²) >= 11 is 0. The highest BCUT2D eigenvalue weighted by Crippen LogP contribution is 2.02. The number of urea groups is 1. The molecule has 3 amide bonds. The summed E-state index contributed by atoms with van der Waals surface area (Å²) in [6.07, 6.45) is 0.170. The van der Waals surface area contributed by atoms with E-state index in [1.165, 1.54) is 0 Å². The summed E-state index contributed by atoms with van der Waals surface area (Å²) in [6, 6.07) is -0.595. The smallest absolute Gasteiger partial charge is 0.321 e. The molecule has 20 heavy (non-hydrogen) atoms. The predicted octanol–water partition coefficient (Wildman–Crippen LogP) is 0.653. The number of hydrogen-bond donors (Lipinski definition) is 3. The largest absolute Gasteiger partial charge is 0.481 e. The first-order chi connectivity index (χ1) is 9.22. The Balaban J connectivity index is 4.11. The average Bonchev–Trinajstić information content (AvgIpc) is 2.26. The molecular weight excluding hydrogens is 262 g/mol. The van der Waals surface area contributed by atoms with Crippen molar-refractivity contribution in [2.45, 2.75) is 39.2 Å². The Kier molecular flexibility index (Phi) is 8.54. The Bertz CT molecular complexity index is 343. The zero-order valence-electron chi connectivity index (χ0n) is 12.6. The Hall–Kier alpha value is -1.63. The van der Waals surface area contributed by atoms with Gasteiger partial charge in [-0.15, -0.1) is 0 Å². The van der Waals surface area contributed by atoms with Crippen LogP contribution >= 0.6 is 0 Å². The van der Waals surface area contributed by atoms with E-state index in [0.717, 1.165) is 0 Å². The zero-order valence-corrected chi connectivity index (χ0v) is 12.6. The molecule has 0 aromatic carbocycles. The van der Waals surface area contributed by atoms with Crippen LogP contribution < -0.4 is 10.6 Å². The summed E-state index contributed by atoms with van der Waals surface area (Å²) in [6.45, 7) is 4.66. The number of likely N-dealkylation sites (N-methyl/N-ethyl adjacent to an activating group) is 1. The van der Waals surface area contributed by atoms with E-state index in [2.05, 4.69) is 10.6 Å². The highest BCUT2D eigenvalue weighted by atomic mass is 16.4. The molecule has 0 aromatic rings. The number of carboxylic acid groups (broad SMARTS) is 1. The third-order valence-corrected chi connectivity index (χ3v) is 2.73. The zero-order chi connectivity index (χ0) is 15.7. The number of imide groups is 1. The number of amides is 3. The first-order valence-corrected chi connectivity index (χ1v) is 6.69. The maximum absolute atomic E-state index is 11.7. The van der Waals surface area contributed by atoms with Crippen LogP contribution in [0, 0.1) is 5.92 Å². The van der Waals surface area contributed by atoms with Crippen molar-refractivity contribution in [2.75, 3.05) is 20.6 Å². The molecule has 0 spiro atoms. The highest BCUT2D eigenvalue weighted by molar-refractivity contribution is 5.94. The number of nitrogens with one attached hydrogen (secondary N) is 2. The molecule has 0 heterocycles. The predicted molar refractivity (Wildman–Crippen MR) is 75.3 cm³/mol. The lowest BCUT2D eigenvalue weighted by atomic mass is 10.0. The fourth-order valence-electron chi connectivity index (χ4n) is 1.61. The van der Waals surface area contributed by atoms with Crippen LogP contribution in [0.5, 0.6) is 0 Å². The second-order valence-corrected chi connectivity index (χ2v) is 5.38. The SMILES string of the molecule is CC(C)C(CN(C)C)NC(=O)NC(=O)CCCC(=O)O. The van der Waals surface area contributed by atoms with Gasteiger partial charge >= 0.3 is 12.0 Å². The number of nitrogens with zero attached hydrogens (tertiary/aromatic N) is 1. The molecule has 0 aliphatic rings. The van der Waals surface area contributed by atoms with Gasteiger partial charge in [-0.25, -0.2) is 4.79 Å². The lowest BCUT2D eigenvalue weighted by Crippen LogP contribution is -2.50. The first kappa shape index (κ1) is 18.4. The monoisotopic (exact) mass is 287 g/mol. The fourth-order valence-corrected chi connectivity index (χ4v) is 1.61. The number of rotatable bonds is 8. The molecule has 0 rings (SSSR count). The van der Waals surface area contributed by atoms with Crippen molar-refractivity contribution >= 4 is 17.9 Å². The second-order valence-electron chi connectivity index (χ2n) is 5.38. The molecule has 0 fully saturated rings. The molecule has 7 nitrogen and oxygen atoms in total. The van der Waals surface area contributed by atoms with Gasteiger partial charge in [0, 0.05) is 25.4 Å². The van der Waals surface area contributed by atoms with Gasteiger partial charge in [-0.3, -0.25) is 14.9 Å². The van der Waals surface area contributed by atoms with E-state index < -0.39 is 17.9 Å². The van der Waals surface area contributed by atoms with E-state index in [-0.39, 0.29) is 31.2 Å². The number of carboxylic acids is 1. The standard InChI is InChI=1S/C13H25N3O4/c1-9(2)10(8-16(3)4)14-13(20)15-11(17)6-5-7-12(18)19/h9-10H,5-8H2,1-4H3,(H,18,19)(H2,14,15,17,20). The normalized spacial score (nSPS) is 12.3. The van der Waals surface area contributed by atoms with Crippen LogP contribution in [-0.4, -0.2) is 54.6 Å². The number of aliphatic carboxylic acids is 1. The van der Waals surface area contributed by atoms with Crippen LogP contribution in [0.2, 0.25) is 0 Å². The van der Waals surface area contributed by atoms with Gasteiger partial charge in [-0.2, -0.15) is 0 Å². The van der Waals surface area contributed by atoms with E-state index in [0.29, 0.717) is 6.54 Å². The third-order valence-electron chi connectivity index (χ3n) is 2.73. The third kappa shape index (κ3) is 9.32. The molecule has 3 N–H and O–H groups in total. The van der Waals surface area contributed by atoms with Gasteiger partial charge in [0.15, 0.2) is 0 Å². The molecule has 7 heteroatoms. The molecular formula is C13H25N3O4. The van der Waals surface area contributed by atoms with Gasteiger partial charge in [0.2, 0.25) is 5.91 Å². The molecule has 0 saturated carbocycles. The number of carbonyl (C=O) groups is 3. The molecule has 1 unspecified atom stereocenters. The van der Waals surface area contributed by atoms with Crippen molar-refractivity contribution < 1.29 is 19.5 Å². The number of carbonyl (C=O) groups excluding carboxylic acids is 2. The quantitative estimate of drug-likeness (QED) is 0.609. The molecule has 0 aliphatic heterocycles. The summed E-state index contributed by atoms with van der Waals surface area (Å²) in [7, 11) is 3.82. The van der Waals surface area contributed by atoms with Gasteiger partial charge in [0.25, 0.3) is 0 Å². The lowest BCUT2D eigenvalue weighted by molar-refractivity contribution is -0.137. The van der Waals surface area contributed by atoms with E-state index in [1.807, 2.05) is 32.8 Å². The second kappa shape index (κ2) is 9.30. The van der Waals surface area contributed by atoms with Crippen LogP contribution in [0.15, 0.2) is 0 Å². The van der Waals surface area contributed by atoms with Crippen LogP contribution in [0.25, 0.3) is 0 Å². The Morgan fingerprint density at radius 1 is 1.15 bits per heavy atom. The van der Waals surface area contributed by atoms with Gasteiger partial charge in [0.05, 0.1) is 0 Å². The van der Waals surface area contributed by atoms with Crippen LogP contribution in [-0.2, 0) is 9.59 Å². The van der Waals surface area contributed by atoms with Gasteiger partial charge in [-0.05, 0) is 26.4 Å². The summed E-state index contributed by atoms with van der Waals surface area (Å²) < 4.78 is 0. The topological polar surface area (TPSA) is 98.7 Å². The maximum atomic E-state index is 11.7. The summed E-state index contributed by atoms with van der Waals surface area (Å²) in [5.41, 5.74) is 0. The van der Waals surface area contributed by atoms with Crippen molar-refractivity contribution in [1.82, 2.24) is 15.5 Å². The fraction of sp³-hybridized carbons (Fsp3) is 0.769. The Labute approximate surface area is 119 Å². The summed E-state index contributed by atoms with van der Waals surface area (Å²) in [5.74, 6) is -1.17. The van der Waals surface area contributed by atoms with Crippen LogP contribution in [0.1, 0.15) is 33.1 Å². The number of hydrogen-bond acceptors (Lipinski definition) is 4. The average molecular weight is 287 g/mol. The van der Waals surface area contributed by atoms with E-state index in [1.54, 1.807) is 0 Å². The lowest BCUT2D eigenvalue weighted by Gasteiger charge is -2.25. The Morgan fingerprint density at radius 2 is 1.75 bits per heavy atom. The summed E-state index contributed by atoms with van der Waals surface area (Å²) in [5, 5.41) is 13.4. The minimum atomic E-state index is -0.951. The molecule has 116 valence electrons. The molecule has 0 aliphatic carbocycles. The molecule has 0 bridgehead atoms. The van der Waals surface area contributed by atoms with E-state index >= 15 is 0 Å². The van der Waals surface area contributed by atoms with Crippen molar-refractivity contribution in [2.24, 2.45) is 5.92 Å². The molecule has 0 radical (unpaired) electrons.